The summed E-state index contributed by atoms with van der Waals surface area (Å²) in [5.41, 5.74) is -0.143. The first kappa shape index (κ1) is 17.7. The van der Waals surface area contributed by atoms with Crippen molar-refractivity contribution in [3.05, 3.63) is 0 Å². The number of rotatable bonds is 4. The Balaban J connectivity index is 1.53. The third-order valence-corrected chi connectivity index (χ3v) is 5.94. The summed E-state index contributed by atoms with van der Waals surface area (Å²) in [6.45, 7) is 9.35. The summed E-state index contributed by atoms with van der Waals surface area (Å²) in [5.74, 6) is 0.966. The van der Waals surface area contributed by atoms with Gasteiger partial charge in [-0.2, -0.15) is 0 Å². The molecule has 1 saturated carbocycles. The zero-order chi connectivity index (χ0) is 17.2. The Morgan fingerprint density at radius 3 is 2.67 bits per heavy atom. The third-order valence-electron chi connectivity index (χ3n) is 5.94. The molecular weight excluding hydrogens is 304 g/mol. The first-order valence-corrected chi connectivity index (χ1v) is 9.53. The van der Waals surface area contributed by atoms with Crippen LogP contribution in [0.4, 0.5) is 0 Å². The van der Waals surface area contributed by atoms with Crippen LogP contribution in [0, 0.1) is 11.3 Å². The number of nitrogens with one attached hydrogen (secondary N) is 2. The molecule has 6 heteroatoms. The molecule has 2 aliphatic heterocycles. The quantitative estimate of drug-likeness (QED) is 0.782. The van der Waals surface area contributed by atoms with Gasteiger partial charge in [0, 0.05) is 38.8 Å². The Bertz CT molecular complexity index is 474. The summed E-state index contributed by atoms with van der Waals surface area (Å²) >= 11 is 0. The second kappa shape index (κ2) is 7.40. The normalized spacial score (nSPS) is 31.1. The third kappa shape index (κ3) is 3.59. The molecule has 3 aliphatic rings. The molecule has 3 fully saturated rings. The molecule has 0 bridgehead atoms. The van der Waals surface area contributed by atoms with Crippen LogP contribution in [0.15, 0.2) is 0 Å². The van der Waals surface area contributed by atoms with E-state index in [0.29, 0.717) is 18.4 Å². The van der Waals surface area contributed by atoms with Crippen molar-refractivity contribution in [3.63, 3.8) is 0 Å². The van der Waals surface area contributed by atoms with Gasteiger partial charge in [0.25, 0.3) is 0 Å². The van der Waals surface area contributed by atoms with Gasteiger partial charge in [-0.3, -0.25) is 14.5 Å². The van der Waals surface area contributed by atoms with E-state index in [2.05, 4.69) is 20.4 Å². The van der Waals surface area contributed by atoms with Gasteiger partial charge in [0.2, 0.25) is 11.8 Å². The van der Waals surface area contributed by atoms with Gasteiger partial charge in [-0.05, 0) is 39.2 Å². The van der Waals surface area contributed by atoms with Gasteiger partial charge >= 0.3 is 0 Å². The Kier molecular flexibility index (Phi) is 5.45. The molecule has 2 saturated heterocycles. The topological polar surface area (TPSA) is 64.7 Å². The molecule has 3 rings (SSSR count). The van der Waals surface area contributed by atoms with Gasteiger partial charge < -0.3 is 15.5 Å². The van der Waals surface area contributed by atoms with E-state index < -0.39 is 0 Å². The average molecular weight is 336 g/mol. The smallest absolute Gasteiger partial charge is 0.234 e. The average Bonchev–Trinajstić information content (AvgIpc) is 2.99. The largest absolute Gasteiger partial charge is 0.353 e. The Morgan fingerprint density at radius 1 is 1.21 bits per heavy atom. The molecule has 24 heavy (non-hydrogen) atoms. The summed E-state index contributed by atoms with van der Waals surface area (Å²) in [7, 11) is 0. The van der Waals surface area contributed by atoms with Crippen molar-refractivity contribution in [2.24, 2.45) is 11.3 Å². The van der Waals surface area contributed by atoms with Crippen molar-refractivity contribution in [3.8, 4) is 0 Å². The second-order valence-corrected chi connectivity index (χ2v) is 8.02. The lowest BCUT2D eigenvalue weighted by atomic mass is 9.67. The zero-order valence-electron chi connectivity index (χ0n) is 15.1. The number of hydrogen-bond donors (Lipinski definition) is 2. The minimum absolute atomic E-state index is 0.0794. The first-order valence-electron chi connectivity index (χ1n) is 9.53. The summed E-state index contributed by atoms with van der Waals surface area (Å²) in [5, 5.41) is 6.40. The maximum atomic E-state index is 13.2. The molecule has 2 heterocycles. The van der Waals surface area contributed by atoms with Crippen LogP contribution in [0.5, 0.6) is 0 Å². The highest BCUT2D eigenvalue weighted by Gasteiger charge is 2.51. The summed E-state index contributed by atoms with van der Waals surface area (Å²) in [6.07, 6.45) is 4.67. The van der Waals surface area contributed by atoms with Crippen LogP contribution in [0.2, 0.25) is 0 Å². The fourth-order valence-corrected chi connectivity index (χ4v) is 4.66. The van der Waals surface area contributed by atoms with Crippen molar-refractivity contribution in [1.82, 2.24) is 20.4 Å². The van der Waals surface area contributed by atoms with E-state index in [4.69, 9.17) is 0 Å². The van der Waals surface area contributed by atoms with Crippen molar-refractivity contribution >= 4 is 11.8 Å². The minimum atomic E-state index is -0.143. The van der Waals surface area contributed by atoms with E-state index in [-0.39, 0.29) is 17.4 Å². The molecule has 0 spiro atoms. The minimum Gasteiger partial charge on any atom is -0.353 e. The molecule has 0 aromatic heterocycles. The number of carbonyl (C=O) groups excluding carboxylic acids is 2. The van der Waals surface area contributed by atoms with Gasteiger partial charge in [-0.15, -0.1) is 0 Å². The van der Waals surface area contributed by atoms with Crippen LogP contribution in [0.3, 0.4) is 0 Å². The molecule has 0 aromatic carbocycles. The fraction of sp³-hybridized carbons (Fsp3) is 0.889. The van der Waals surface area contributed by atoms with Crippen LogP contribution in [-0.4, -0.2) is 73.5 Å². The van der Waals surface area contributed by atoms with Crippen molar-refractivity contribution < 1.29 is 9.59 Å². The van der Waals surface area contributed by atoms with Gasteiger partial charge in [0.1, 0.15) is 0 Å². The molecule has 136 valence electrons. The Morgan fingerprint density at radius 2 is 1.96 bits per heavy atom. The van der Waals surface area contributed by atoms with Crippen LogP contribution in [-0.2, 0) is 9.59 Å². The van der Waals surface area contributed by atoms with E-state index in [1.54, 1.807) is 0 Å². The van der Waals surface area contributed by atoms with Gasteiger partial charge in [0.05, 0.1) is 12.0 Å². The molecule has 6 nitrogen and oxygen atoms in total. The number of hydrogen-bond acceptors (Lipinski definition) is 4. The van der Waals surface area contributed by atoms with E-state index in [9.17, 15) is 9.59 Å². The lowest BCUT2D eigenvalue weighted by Crippen LogP contribution is -2.56. The summed E-state index contributed by atoms with van der Waals surface area (Å²) in [4.78, 5) is 29.3. The van der Waals surface area contributed by atoms with E-state index in [1.165, 1.54) is 19.3 Å². The molecule has 2 amide bonds. The van der Waals surface area contributed by atoms with Crippen molar-refractivity contribution in [1.29, 1.82) is 0 Å². The molecule has 2 atom stereocenters. The highest BCUT2D eigenvalue weighted by molar-refractivity contribution is 5.84. The molecule has 0 unspecified atom stereocenters. The van der Waals surface area contributed by atoms with Crippen molar-refractivity contribution in [2.75, 3.05) is 45.8 Å². The van der Waals surface area contributed by atoms with Crippen LogP contribution in [0.25, 0.3) is 0 Å². The molecule has 0 radical (unpaired) electrons. The Labute approximate surface area is 145 Å². The highest BCUT2D eigenvalue weighted by Crippen LogP contribution is 2.45. The molecule has 2 N–H and O–H groups in total. The Hall–Kier alpha value is -1.14. The van der Waals surface area contributed by atoms with Gasteiger partial charge in [-0.25, -0.2) is 0 Å². The zero-order valence-corrected chi connectivity index (χ0v) is 15.1. The summed E-state index contributed by atoms with van der Waals surface area (Å²) < 4.78 is 0. The monoisotopic (exact) mass is 336 g/mol. The molecule has 1 aliphatic carbocycles. The maximum absolute atomic E-state index is 13.2. The fourth-order valence-electron chi connectivity index (χ4n) is 4.66. The van der Waals surface area contributed by atoms with Gasteiger partial charge in [-0.1, -0.05) is 12.8 Å². The predicted octanol–water partition coefficient (Wildman–Crippen LogP) is 0.435. The van der Waals surface area contributed by atoms with Crippen LogP contribution >= 0.6 is 0 Å². The molecular formula is C18H32N4O2. The van der Waals surface area contributed by atoms with E-state index in [1.807, 2.05) is 13.8 Å². The lowest BCUT2D eigenvalue weighted by molar-refractivity contribution is -0.147. The van der Waals surface area contributed by atoms with Crippen LogP contribution < -0.4 is 10.6 Å². The SMILES string of the molecule is CC(C)NC(=O)CN1CCN(C(=O)[C@@]23CCCC[C@H]2CNC3)CC1. The highest BCUT2D eigenvalue weighted by atomic mass is 16.2. The van der Waals surface area contributed by atoms with Crippen LogP contribution in [0.1, 0.15) is 39.5 Å². The van der Waals surface area contributed by atoms with Crippen molar-refractivity contribution in [2.45, 2.75) is 45.6 Å². The lowest BCUT2D eigenvalue weighted by Gasteiger charge is -2.43. The molecule has 0 aromatic rings. The number of nitrogens with zero attached hydrogens (tertiary/aromatic N) is 2. The second-order valence-electron chi connectivity index (χ2n) is 8.02. The number of amides is 2. The van der Waals surface area contributed by atoms with E-state index in [0.717, 1.165) is 45.7 Å². The van der Waals surface area contributed by atoms with Gasteiger partial charge in [0.15, 0.2) is 0 Å². The standard InChI is InChI=1S/C18H32N4O2/c1-14(2)20-16(23)12-21-7-9-22(10-8-21)17(24)18-6-4-3-5-15(18)11-19-13-18/h14-15,19H,3-13H2,1-2H3,(H,20,23)/t15-,18+/m0/s1. The first-order chi connectivity index (χ1) is 11.5. The number of piperazine rings is 1. The number of fused-ring (bicyclic) bond motifs is 1. The maximum Gasteiger partial charge on any atom is 0.234 e. The predicted molar refractivity (Wildman–Crippen MR) is 93.6 cm³/mol. The summed E-state index contributed by atoms with van der Waals surface area (Å²) in [6, 6.07) is 0.178. The van der Waals surface area contributed by atoms with E-state index >= 15 is 0 Å². The number of carbonyl (C=O) groups is 2.